The average Bonchev–Trinajstić information content (AvgIpc) is 2.72. The molecular weight excluding hydrogens is 404 g/mol. The number of methoxy groups -OCH3 is 1. The van der Waals surface area contributed by atoms with Crippen molar-refractivity contribution in [2.45, 2.75) is 39.0 Å². The average molecular weight is 429 g/mol. The van der Waals surface area contributed by atoms with Crippen molar-refractivity contribution in [3.8, 4) is 11.5 Å². The summed E-state index contributed by atoms with van der Waals surface area (Å²) in [4.78, 5) is 15.2. The molecule has 1 heterocycles. The van der Waals surface area contributed by atoms with Gasteiger partial charge in [-0.2, -0.15) is 0 Å². The zero-order valence-electron chi connectivity index (χ0n) is 17.2. The third-order valence-electron chi connectivity index (χ3n) is 5.03. The van der Waals surface area contributed by atoms with E-state index in [2.05, 4.69) is 11.1 Å². The number of hydrogen-bond acceptors (Lipinski definition) is 5. The Hall–Kier alpha value is -2.86. The van der Waals surface area contributed by atoms with E-state index in [1.165, 1.54) is 18.7 Å². The van der Waals surface area contributed by atoms with Crippen LogP contribution in [0.5, 0.6) is 11.5 Å². The number of aromatic nitrogens is 1. The van der Waals surface area contributed by atoms with Crippen LogP contribution in [0.25, 0.3) is 10.9 Å². The normalized spacial score (nSPS) is 10.9. The number of halogens is 1. The summed E-state index contributed by atoms with van der Waals surface area (Å²) in [6, 6.07) is 11.2. The molecule has 0 bridgehead atoms. The Morgan fingerprint density at radius 1 is 1.13 bits per heavy atom. The Labute approximate surface area is 180 Å². The van der Waals surface area contributed by atoms with Gasteiger partial charge >= 0.3 is 0 Å². The lowest BCUT2D eigenvalue weighted by atomic mass is 10.1. The number of pyridine rings is 1. The van der Waals surface area contributed by atoms with Gasteiger partial charge in [-0.05, 0) is 55.5 Å². The smallest absolute Gasteiger partial charge is 0.299 e. The molecule has 158 valence electrons. The number of benzene rings is 2. The summed E-state index contributed by atoms with van der Waals surface area (Å²) < 4.78 is 11.4. The number of hydrogen-bond donors (Lipinski definition) is 0. The van der Waals surface area contributed by atoms with Crippen LogP contribution in [0.2, 0.25) is 5.02 Å². The lowest BCUT2D eigenvalue weighted by molar-refractivity contribution is -0.383. The molecule has 6 nitrogen and oxygen atoms in total. The highest BCUT2D eigenvalue weighted by molar-refractivity contribution is 6.30. The second-order valence-corrected chi connectivity index (χ2v) is 7.61. The molecule has 0 aliphatic heterocycles. The van der Waals surface area contributed by atoms with Crippen LogP contribution in [0.3, 0.4) is 0 Å². The van der Waals surface area contributed by atoms with Crippen LogP contribution in [0.15, 0.2) is 42.6 Å². The first kappa shape index (κ1) is 21.8. The molecule has 3 aromatic rings. The van der Waals surface area contributed by atoms with E-state index < -0.39 is 4.92 Å². The Morgan fingerprint density at radius 2 is 1.93 bits per heavy atom. The van der Waals surface area contributed by atoms with E-state index in [4.69, 9.17) is 21.1 Å². The molecule has 3 rings (SSSR count). The molecule has 0 saturated heterocycles. The van der Waals surface area contributed by atoms with Crippen molar-refractivity contribution >= 4 is 28.2 Å². The summed E-state index contributed by atoms with van der Waals surface area (Å²) in [5.41, 5.74) is 2.35. The van der Waals surface area contributed by atoms with Crippen LogP contribution in [-0.2, 0) is 6.42 Å². The van der Waals surface area contributed by atoms with Gasteiger partial charge in [0.25, 0.3) is 5.69 Å². The van der Waals surface area contributed by atoms with Gasteiger partial charge in [0.1, 0.15) is 0 Å². The molecule has 0 radical (unpaired) electrons. The molecule has 30 heavy (non-hydrogen) atoms. The zero-order chi connectivity index (χ0) is 21.5. The highest BCUT2D eigenvalue weighted by atomic mass is 35.5. The van der Waals surface area contributed by atoms with Gasteiger partial charge in [0, 0.05) is 11.2 Å². The van der Waals surface area contributed by atoms with Crippen molar-refractivity contribution in [3.05, 3.63) is 68.9 Å². The predicted octanol–water partition coefficient (Wildman–Crippen LogP) is 6.30. The molecule has 0 fully saturated rings. The number of nitro groups is 1. The zero-order valence-corrected chi connectivity index (χ0v) is 17.9. The molecule has 1 aromatic heterocycles. The highest BCUT2D eigenvalue weighted by Gasteiger charge is 2.23. The van der Waals surface area contributed by atoms with Crippen LogP contribution in [-0.4, -0.2) is 23.6 Å². The maximum absolute atomic E-state index is 11.4. The second kappa shape index (κ2) is 10.3. The Bertz CT molecular complexity index is 1040. The molecule has 7 heteroatoms. The maximum Gasteiger partial charge on any atom is 0.299 e. The van der Waals surface area contributed by atoms with Gasteiger partial charge in [0.15, 0.2) is 17.0 Å². The van der Waals surface area contributed by atoms with Crippen LogP contribution in [0.1, 0.15) is 36.8 Å². The number of non-ortho nitro benzene ring substituents is 1. The molecular formula is C23H25ClN2O4. The molecule has 0 unspecified atom stereocenters. The van der Waals surface area contributed by atoms with Crippen LogP contribution >= 0.6 is 11.6 Å². The topological polar surface area (TPSA) is 74.5 Å². The minimum atomic E-state index is -0.443. The molecule has 0 amide bonds. The van der Waals surface area contributed by atoms with Gasteiger partial charge in [-0.15, -0.1) is 0 Å². The summed E-state index contributed by atoms with van der Waals surface area (Å²) in [6.07, 6.45) is 6.68. The number of fused-ring (bicyclic) bond motifs is 1. The van der Waals surface area contributed by atoms with E-state index in [1.54, 1.807) is 6.20 Å². The number of nitro benzene ring substituents is 1. The molecule has 2 aromatic carbocycles. The van der Waals surface area contributed by atoms with Crippen molar-refractivity contribution in [2.75, 3.05) is 13.7 Å². The Kier molecular flexibility index (Phi) is 7.46. The van der Waals surface area contributed by atoms with Gasteiger partial charge in [-0.25, -0.2) is 4.98 Å². The van der Waals surface area contributed by atoms with Gasteiger partial charge in [0.05, 0.1) is 30.1 Å². The van der Waals surface area contributed by atoms with Crippen molar-refractivity contribution in [1.82, 2.24) is 4.98 Å². The number of ether oxygens (including phenoxy) is 2. The summed E-state index contributed by atoms with van der Waals surface area (Å²) in [5, 5.41) is 12.9. The largest absolute Gasteiger partial charge is 0.493 e. The summed E-state index contributed by atoms with van der Waals surface area (Å²) in [7, 11) is 1.49. The van der Waals surface area contributed by atoms with E-state index in [-0.39, 0.29) is 5.69 Å². The van der Waals surface area contributed by atoms with Gasteiger partial charge in [-0.1, -0.05) is 36.6 Å². The number of unbranched alkanes of at least 4 members (excludes halogenated alkanes) is 3. The maximum atomic E-state index is 11.4. The van der Waals surface area contributed by atoms with E-state index in [1.807, 2.05) is 31.2 Å². The predicted molar refractivity (Wildman–Crippen MR) is 119 cm³/mol. The Balaban J connectivity index is 1.60. The van der Waals surface area contributed by atoms with Crippen LogP contribution < -0.4 is 9.47 Å². The van der Waals surface area contributed by atoms with E-state index in [0.717, 1.165) is 42.7 Å². The van der Waals surface area contributed by atoms with Crippen molar-refractivity contribution in [2.24, 2.45) is 0 Å². The summed E-state index contributed by atoms with van der Waals surface area (Å²) in [5.74, 6) is 0.869. The molecule has 0 aliphatic carbocycles. The van der Waals surface area contributed by atoms with Gasteiger partial charge in [0.2, 0.25) is 0 Å². The fourth-order valence-electron chi connectivity index (χ4n) is 3.51. The lowest BCUT2D eigenvalue weighted by Crippen LogP contribution is -2.03. The SMILES string of the molecule is COc1cc([N+](=O)[O-])c2nccc(C)c2c1OCCCCCCc1cccc(Cl)c1. The number of rotatable bonds is 10. The second-order valence-electron chi connectivity index (χ2n) is 7.18. The van der Waals surface area contributed by atoms with E-state index in [9.17, 15) is 10.1 Å². The number of aryl methyl sites for hydroxylation is 2. The third kappa shape index (κ3) is 5.19. The first-order valence-corrected chi connectivity index (χ1v) is 10.4. The molecule has 0 spiro atoms. The van der Waals surface area contributed by atoms with Crippen molar-refractivity contribution in [3.63, 3.8) is 0 Å². The fraction of sp³-hybridized carbons (Fsp3) is 0.348. The molecule has 0 saturated carbocycles. The first-order valence-electron chi connectivity index (χ1n) is 9.99. The van der Waals surface area contributed by atoms with Crippen LogP contribution in [0, 0.1) is 17.0 Å². The minimum absolute atomic E-state index is 0.0843. The van der Waals surface area contributed by atoms with Crippen LogP contribution in [0.4, 0.5) is 5.69 Å². The third-order valence-corrected chi connectivity index (χ3v) is 5.27. The molecule has 0 atom stereocenters. The van der Waals surface area contributed by atoms with Gasteiger partial charge < -0.3 is 9.47 Å². The standard InChI is InChI=1S/C23H25ClN2O4/c1-16-11-12-25-22-19(26(27)28)15-20(29-2)23(21(16)22)30-13-6-4-3-5-8-17-9-7-10-18(24)14-17/h7,9-12,14-15H,3-6,8,13H2,1-2H3. The van der Waals surface area contributed by atoms with Crippen molar-refractivity contribution < 1.29 is 14.4 Å². The molecule has 0 N–H and O–H groups in total. The fourth-order valence-corrected chi connectivity index (χ4v) is 3.72. The molecule has 0 aliphatic rings. The van der Waals surface area contributed by atoms with E-state index >= 15 is 0 Å². The number of nitrogens with zero attached hydrogens (tertiary/aromatic N) is 2. The summed E-state index contributed by atoms with van der Waals surface area (Å²) in [6.45, 7) is 2.39. The van der Waals surface area contributed by atoms with Gasteiger partial charge in [-0.3, -0.25) is 10.1 Å². The Morgan fingerprint density at radius 3 is 2.67 bits per heavy atom. The lowest BCUT2D eigenvalue weighted by Gasteiger charge is -2.15. The monoisotopic (exact) mass is 428 g/mol. The first-order chi connectivity index (χ1) is 14.5. The van der Waals surface area contributed by atoms with E-state index in [0.29, 0.717) is 29.0 Å². The highest BCUT2D eigenvalue weighted by Crippen LogP contribution is 2.41. The minimum Gasteiger partial charge on any atom is -0.493 e. The quantitative estimate of drug-likeness (QED) is 0.215. The van der Waals surface area contributed by atoms with Crippen molar-refractivity contribution in [1.29, 1.82) is 0 Å². The summed E-state index contributed by atoms with van der Waals surface area (Å²) >= 11 is 6.02.